The van der Waals surface area contributed by atoms with E-state index in [0.717, 1.165) is 16.9 Å². The molecule has 0 bridgehead atoms. The molecule has 0 unspecified atom stereocenters. The number of carbonyl (C=O) groups excluding carboxylic acids is 1. The van der Waals surface area contributed by atoms with Gasteiger partial charge in [0.1, 0.15) is 11.6 Å². The quantitative estimate of drug-likeness (QED) is 0.859. The maximum atomic E-state index is 14.0. The van der Waals surface area contributed by atoms with E-state index in [1.165, 1.54) is 17.0 Å². The van der Waals surface area contributed by atoms with Crippen LogP contribution in [-0.2, 0) is 0 Å². The van der Waals surface area contributed by atoms with Crippen LogP contribution >= 0.6 is 0 Å². The summed E-state index contributed by atoms with van der Waals surface area (Å²) >= 11 is 0. The van der Waals surface area contributed by atoms with Crippen LogP contribution in [0.15, 0.2) is 42.5 Å². The predicted octanol–water partition coefficient (Wildman–Crippen LogP) is 3.20. The number of hydrogen-bond acceptors (Lipinski definition) is 2. The van der Waals surface area contributed by atoms with E-state index in [2.05, 4.69) is 0 Å². The lowest BCUT2D eigenvalue weighted by Gasteiger charge is -2.12. The number of nitrogens with zero attached hydrogens (tertiary/aromatic N) is 1. The summed E-state index contributed by atoms with van der Waals surface area (Å²) in [6, 6.07) is 11.9. The molecule has 0 saturated heterocycles. The third kappa shape index (κ3) is 2.79. The summed E-state index contributed by atoms with van der Waals surface area (Å²) in [5, 5.41) is 0. The number of benzene rings is 2. The van der Waals surface area contributed by atoms with Crippen LogP contribution in [-0.4, -0.2) is 32.0 Å². The van der Waals surface area contributed by atoms with E-state index in [4.69, 9.17) is 4.74 Å². The molecule has 0 saturated carbocycles. The Bertz CT molecular complexity index is 621. The Morgan fingerprint density at radius 3 is 2.15 bits per heavy atom. The normalized spacial score (nSPS) is 10.2. The Kier molecular flexibility index (Phi) is 4.03. The highest BCUT2D eigenvalue weighted by molar-refractivity contribution is 5.94. The zero-order valence-corrected chi connectivity index (χ0v) is 11.7. The maximum Gasteiger partial charge on any atom is 0.256 e. The SMILES string of the molecule is COc1ccc(-c2ccc(C(=O)N(C)C)c(F)c2)cc1. The average molecular weight is 273 g/mol. The third-order valence-corrected chi connectivity index (χ3v) is 3.03. The van der Waals surface area contributed by atoms with Crippen molar-refractivity contribution in [3.63, 3.8) is 0 Å². The smallest absolute Gasteiger partial charge is 0.256 e. The van der Waals surface area contributed by atoms with Crippen molar-refractivity contribution in [1.29, 1.82) is 0 Å². The zero-order chi connectivity index (χ0) is 14.7. The van der Waals surface area contributed by atoms with Gasteiger partial charge in [-0.2, -0.15) is 0 Å². The van der Waals surface area contributed by atoms with Crippen LogP contribution in [0.25, 0.3) is 11.1 Å². The Balaban J connectivity index is 2.35. The fourth-order valence-corrected chi connectivity index (χ4v) is 1.89. The van der Waals surface area contributed by atoms with Crippen LogP contribution in [0.2, 0.25) is 0 Å². The minimum absolute atomic E-state index is 0.0762. The number of amides is 1. The standard InChI is InChI=1S/C16H16FNO2/c1-18(2)16(19)14-9-6-12(10-15(14)17)11-4-7-13(20-3)8-5-11/h4-10H,1-3H3. The van der Waals surface area contributed by atoms with Gasteiger partial charge in [0.05, 0.1) is 12.7 Å². The average Bonchev–Trinajstić information content (AvgIpc) is 2.46. The van der Waals surface area contributed by atoms with Crippen LogP contribution in [0.5, 0.6) is 5.75 Å². The highest BCUT2D eigenvalue weighted by Gasteiger charge is 2.14. The van der Waals surface area contributed by atoms with E-state index in [1.54, 1.807) is 27.3 Å². The minimum atomic E-state index is -0.517. The number of hydrogen-bond donors (Lipinski definition) is 0. The molecule has 0 spiro atoms. The predicted molar refractivity (Wildman–Crippen MR) is 76.4 cm³/mol. The number of carbonyl (C=O) groups is 1. The van der Waals surface area contributed by atoms with Gasteiger partial charge in [-0.15, -0.1) is 0 Å². The molecule has 0 aliphatic heterocycles. The van der Waals surface area contributed by atoms with Gasteiger partial charge in [0.25, 0.3) is 5.91 Å². The molecule has 0 aromatic heterocycles. The van der Waals surface area contributed by atoms with Gasteiger partial charge in [0.2, 0.25) is 0 Å². The number of methoxy groups -OCH3 is 1. The molecule has 0 N–H and O–H groups in total. The van der Waals surface area contributed by atoms with Gasteiger partial charge in [-0.3, -0.25) is 4.79 Å². The molecule has 0 aliphatic carbocycles. The van der Waals surface area contributed by atoms with Crippen molar-refractivity contribution in [3.8, 4) is 16.9 Å². The van der Waals surface area contributed by atoms with Gasteiger partial charge < -0.3 is 9.64 Å². The van der Waals surface area contributed by atoms with Gasteiger partial charge in [-0.25, -0.2) is 4.39 Å². The van der Waals surface area contributed by atoms with Gasteiger partial charge in [-0.05, 0) is 35.4 Å². The largest absolute Gasteiger partial charge is 0.497 e. The van der Waals surface area contributed by atoms with Crippen molar-refractivity contribution in [2.45, 2.75) is 0 Å². The summed E-state index contributed by atoms with van der Waals surface area (Å²) < 4.78 is 19.1. The second-order valence-corrected chi connectivity index (χ2v) is 4.62. The molecule has 0 heterocycles. The molecule has 1 amide bonds. The molecular formula is C16H16FNO2. The summed E-state index contributed by atoms with van der Waals surface area (Å²) in [6.45, 7) is 0. The van der Waals surface area contributed by atoms with E-state index in [-0.39, 0.29) is 11.5 Å². The molecule has 4 heteroatoms. The molecule has 2 aromatic rings. The summed E-state index contributed by atoms with van der Waals surface area (Å²) in [7, 11) is 4.79. The van der Waals surface area contributed by atoms with Crippen molar-refractivity contribution >= 4 is 5.91 Å². The second kappa shape index (κ2) is 5.74. The van der Waals surface area contributed by atoms with Gasteiger partial charge >= 0.3 is 0 Å². The maximum absolute atomic E-state index is 14.0. The van der Waals surface area contributed by atoms with Crippen LogP contribution in [0.4, 0.5) is 4.39 Å². The number of rotatable bonds is 3. The minimum Gasteiger partial charge on any atom is -0.497 e. The van der Waals surface area contributed by atoms with E-state index >= 15 is 0 Å². The van der Waals surface area contributed by atoms with Crippen molar-refractivity contribution in [3.05, 3.63) is 53.8 Å². The molecule has 0 radical (unpaired) electrons. The van der Waals surface area contributed by atoms with Crippen molar-refractivity contribution in [2.75, 3.05) is 21.2 Å². The highest BCUT2D eigenvalue weighted by atomic mass is 19.1. The topological polar surface area (TPSA) is 29.5 Å². The Morgan fingerprint density at radius 1 is 1.05 bits per heavy atom. The first-order chi connectivity index (χ1) is 9.52. The highest BCUT2D eigenvalue weighted by Crippen LogP contribution is 2.24. The zero-order valence-electron chi connectivity index (χ0n) is 11.7. The molecule has 104 valence electrons. The van der Waals surface area contributed by atoms with Crippen LogP contribution in [0.3, 0.4) is 0 Å². The lowest BCUT2D eigenvalue weighted by Crippen LogP contribution is -2.22. The molecule has 0 fully saturated rings. The molecular weight excluding hydrogens is 257 g/mol. The van der Waals surface area contributed by atoms with Crippen molar-refractivity contribution in [1.82, 2.24) is 4.90 Å². The first-order valence-corrected chi connectivity index (χ1v) is 6.18. The molecule has 2 rings (SSSR count). The molecule has 0 aliphatic rings. The first kappa shape index (κ1) is 14.1. The molecule has 3 nitrogen and oxygen atoms in total. The van der Waals surface area contributed by atoms with Gasteiger partial charge in [0.15, 0.2) is 0 Å². The Morgan fingerprint density at radius 2 is 1.65 bits per heavy atom. The summed E-state index contributed by atoms with van der Waals surface area (Å²) in [5.74, 6) is -0.116. The first-order valence-electron chi connectivity index (χ1n) is 6.18. The van der Waals surface area contributed by atoms with Crippen LogP contribution in [0, 0.1) is 5.82 Å². The fourth-order valence-electron chi connectivity index (χ4n) is 1.89. The summed E-state index contributed by atoms with van der Waals surface area (Å²) in [6.07, 6.45) is 0. The van der Waals surface area contributed by atoms with Crippen LogP contribution in [0.1, 0.15) is 10.4 Å². The lowest BCUT2D eigenvalue weighted by molar-refractivity contribution is 0.0823. The van der Waals surface area contributed by atoms with E-state index in [0.29, 0.717) is 0 Å². The Hall–Kier alpha value is -2.36. The molecule has 0 atom stereocenters. The number of halogens is 1. The number of ether oxygens (including phenoxy) is 1. The van der Waals surface area contributed by atoms with Crippen molar-refractivity contribution < 1.29 is 13.9 Å². The molecule has 20 heavy (non-hydrogen) atoms. The Labute approximate surface area is 117 Å². The van der Waals surface area contributed by atoms with Gasteiger partial charge in [0, 0.05) is 14.1 Å². The van der Waals surface area contributed by atoms with E-state index < -0.39 is 5.82 Å². The van der Waals surface area contributed by atoms with E-state index in [1.807, 2.05) is 24.3 Å². The van der Waals surface area contributed by atoms with Crippen molar-refractivity contribution in [2.24, 2.45) is 0 Å². The lowest BCUT2D eigenvalue weighted by atomic mass is 10.0. The summed E-state index contributed by atoms with van der Waals surface area (Å²) in [5.41, 5.74) is 1.67. The fraction of sp³-hybridized carbons (Fsp3) is 0.188. The van der Waals surface area contributed by atoms with E-state index in [9.17, 15) is 9.18 Å². The monoisotopic (exact) mass is 273 g/mol. The summed E-state index contributed by atoms with van der Waals surface area (Å²) in [4.78, 5) is 13.1. The van der Waals surface area contributed by atoms with Gasteiger partial charge in [-0.1, -0.05) is 18.2 Å². The third-order valence-electron chi connectivity index (χ3n) is 3.03. The van der Waals surface area contributed by atoms with Crippen LogP contribution < -0.4 is 4.74 Å². The molecule has 2 aromatic carbocycles. The second-order valence-electron chi connectivity index (χ2n) is 4.62.